The summed E-state index contributed by atoms with van der Waals surface area (Å²) < 4.78 is 11.0. The van der Waals surface area contributed by atoms with Gasteiger partial charge in [-0.15, -0.1) is 11.3 Å². The Kier molecular flexibility index (Phi) is 6.40. The summed E-state index contributed by atoms with van der Waals surface area (Å²) in [5, 5.41) is 15.8. The van der Waals surface area contributed by atoms with E-state index in [-0.39, 0.29) is 40.6 Å². The van der Waals surface area contributed by atoms with Crippen LogP contribution in [0.4, 0.5) is 10.7 Å². The Morgan fingerprint density at radius 2 is 1.97 bits per heavy atom. The molecule has 1 amide bonds. The molecule has 0 fully saturated rings. The van der Waals surface area contributed by atoms with Crippen LogP contribution in [0.2, 0.25) is 0 Å². The second-order valence-electron chi connectivity index (χ2n) is 8.51. The Morgan fingerprint density at radius 3 is 2.69 bits per heavy atom. The summed E-state index contributed by atoms with van der Waals surface area (Å²) in [5.41, 5.74) is 0.749. The number of rotatable bonds is 6. The predicted molar refractivity (Wildman–Crippen MR) is 130 cm³/mol. The van der Waals surface area contributed by atoms with Crippen molar-refractivity contribution in [3.63, 3.8) is 0 Å². The van der Waals surface area contributed by atoms with Crippen molar-refractivity contribution < 1.29 is 28.8 Å². The normalized spacial score (nSPS) is 14.0. The summed E-state index contributed by atoms with van der Waals surface area (Å²) in [7, 11) is 0. The fraction of sp³-hybridized carbons (Fsp3) is 0.240. The lowest BCUT2D eigenvalue weighted by atomic mass is 9.92. The van der Waals surface area contributed by atoms with Crippen LogP contribution >= 0.6 is 11.3 Å². The molecule has 0 saturated heterocycles. The number of Topliss-reactive ketones (excluding diaryl/α,β-unsaturated/α-hetero) is 1. The smallest absolute Gasteiger partial charge is 0.341 e. The summed E-state index contributed by atoms with van der Waals surface area (Å²) in [4.78, 5) is 49.1. The molecule has 180 valence electrons. The van der Waals surface area contributed by atoms with E-state index < -0.39 is 22.4 Å². The van der Waals surface area contributed by atoms with E-state index in [0.717, 1.165) is 11.3 Å². The first-order valence-corrected chi connectivity index (χ1v) is 11.7. The number of carbonyl (C=O) groups excluding carboxylic acids is 3. The van der Waals surface area contributed by atoms with Crippen molar-refractivity contribution in [2.75, 3.05) is 11.9 Å². The number of esters is 1. The second kappa shape index (κ2) is 9.30. The zero-order valence-electron chi connectivity index (χ0n) is 19.2. The number of hydrogen-bond acceptors (Lipinski definition) is 8. The molecule has 4 rings (SSSR count). The van der Waals surface area contributed by atoms with Crippen LogP contribution in [-0.4, -0.2) is 34.8 Å². The highest BCUT2D eigenvalue weighted by molar-refractivity contribution is 7.15. The monoisotopic (exact) mass is 494 g/mol. The topological polar surface area (TPSA) is 125 Å². The third kappa shape index (κ3) is 4.92. The Hall–Kier alpha value is -4.05. The maximum Gasteiger partial charge on any atom is 0.341 e. The molecular weight excluding hydrogens is 472 g/mol. The minimum absolute atomic E-state index is 0.102. The van der Waals surface area contributed by atoms with Crippen LogP contribution in [0.5, 0.6) is 5.75 Å². The lowest BCUT2D eigenvalue weighted by molar-refractivity contribution is -0.384. The van der Waals surface area contributed by atoms with Gasteiger partial charge in [0, 0.05) is 28.6 Å². The molecule has 0 bridgehead atoms. The lowest BCUT2D eigenvalue weighted by Crippen LogP contribution is -2.36. The number of ketones is 1. The maximum atomic E-state index is 13.1. The van der Waals surface area contributed by atoms with E-state index in [1.165, 1.54) is 24.3 Å². The number of nitrogens with zero attached hydrogens (tertiary/aromatic N) is 1. The number of anilines is 1. The molecule has 3 aromatic rings. The standard InChI is InChI=1S/C25H22N2O7S/c1-4-33-24(30)21-18(14-6-5-7-16(10-14)27(31)32)13-35-23(21)26-22(29)15-8-9-20-17(11-15)19(28)12-25(2,3)34-20/h5-11,13H,4,12H2,1-3H3,(H,26,29). The number of fused-ring (bicyclic) bond motifs is 1. The minimum atomic E-state index is -0.665. The third-order valence-electron chi connectivity index (χ3n) is 5.38. The summed E-state index contributed by atoms with van der Waals surface area (Å²) in [6.45, 7) is 5.41. The number of ether oxygens (including phenoxy) is 2. The van der Waals surface area contributed by atoms with Crippen molar-refractivity contribution in [3.8, 4) is 16.9 Å². The van der Waals surface area contributed by atoms with Crippen LogP contribution in [0.25, 0.3) is 11.1 Å². The molecule has 0 spiro atoms. The first-order chi connectivity index (χ1) is 16.6. The predicted octanol–water partition coefficient (Wildman–Crippen LogP) is 5.50. The summed E-state index contributed by atoms with van der Waals surface area (Å²) in [6.07, 6.45) is 0.190. The highest BCUT2D eigenvalue weighted by Gasteiger charge is 2.33. The van der Waals surface area contributed by atoms with Gasteiger partial charge in [-0.25, -0.2) is 4.79 Å². The molecule has 9 nitrogen and oxygen atoms in total. The number of non-ortho nitro benzene ring substituents is 1. The van der Waals surface area contributed by atoms with Gasteiger partial charge in [-0.2, -0.15) is 0 Å². The van der Waals surface area contributed by atoms with E-state index in [2.05, 4.69) is 5.32 Å². The number of nitro groups is 1. The maximum absolute atomic E-state index is 13.1. The minimum Gasteiger partial charge on any atom is -0.487 e. The van der Waals surface area contributed by atoms with Gasteiger partial charge in [-0.1, -0.05) is 12.1 Å². The number of amides is 1. The van der Waals surface area contributed by atoms with Crippen LogP contribution in [-0.2, 0) is 4.74 Å². The van der Waals surface area contributed by atoms with E-state index in [1.54, 1.807) is 30.5 Å². The van der Waals surface area contributed by atoms with Gasteiger partial charge in [0.15, 0.2) is 5.78 Å². The molecule has 1 aliphatic heterocycles. The fourth-order valence-electron chi connectivity index (χ4n) is 3.82. The zero-order chi connectivity index (χ0) is 25.3. The van der Waals surface area contributed by atoms with Crippen molar-refractivity contribution in [2.24, 2.45) is 0 Å². The summed E-state index contributed by atoms with van der Waals surface area (Å²) in [6, 6.07) is 10.5. The molecule has 35 heavy (non-hydrogen) atoms. The van der Waals surface area contributed by atoms with Gasteiger partial charge in [0.1, 0.15) is 21.9 Å². The average molecular weight is 495 g/mol. The summed E-state index contributed by atoms with van der Waals surface area (Å²) in [5.74, 6) is -0.897. The molecule has 1 N–H and O–H groups in total. The molecule has 0 radical (unpaired) electrons. The Labute approximate surface area is 204 Å². The van der Waals surface area contributed by atoms with Crippen molar-refractivity contribution in [1.29, 1.82) is 0 Å². The SMILES string of the molecule is CCOC(=O)c1c(-c2cccc([N+](=O)[O-])c2)csc1NC(=O)c1ccc2c(c1)C(=O)CC(C)(C)O2. The van der Waals surface area contributed by atoms with Gasteiger partial charge in [-0.3, -0.25) is 19.7 Å². The second-order valence-corrected chi connectivity index (χ2v) is 9.39. The van der Waals surface area contributed by atoms with E-state index in [9.17, 15) is 24.5 Å². The van der Waals surface area contributed by atoms with E-state index in [0.29, 0.717) is 22.4 Å². The molecule has 2 aromatic carbocycles. The lowest BCUT2D eigenvalue weighted by Gasteiger charge is -2.31. The molecule has 1 aromatic heterocycles. The average Bonchev–Trinajstić information content (AvgIpc) is 3.22. The Morgan fingerprint density at radius 1 is 1.20 bits per heavy atom. The number of hydrogen-bond donors (Lipinski definition) is 1. The molecule has 1 aliphatic rings. The molecule has 0 atom stereocenters. The quantitative estimate of drug-likeness (QED) is 0.273. The van der Waals surface area contributed by atoms with Crippen LogP contribution < -0.4 is 10.1 Å². The number of nitrogens with one attached hydrogen (secondary N) is 1. The first kappa shape index (κ1) is 24.1. The molecule has 0 aliphatic carbocycles. The third-order valence-corrected chi connectivity index (χ3v) is 6.28. The van der Waals surface area contributed by atoms with Crippen LogP contribution in [0.1, 0.15) is 58.3 Å². The van der Waals surface area contributed by atoms with Gasteiger partial charge in [0.25, 0.3) is 11.6 Å². The molecule has 0 saturated carbocycles. The van der Waals surface area contributed by atoms with Crippen molar-refractivity contribution in [1.82, 2.24) is 0 Å². The largest absolute Gasteiger partial charge is 0.487 e. The molecule has 2 heterocycles. The first-order valence-electron chi connectivity index (χ1n) is 10.8. The van der Waals surface area contributed by atoms with Crippen LogP contribution in [0.3, 0.4) is 0 Å². The highest BCUT2D eigenvalue weighted by atomic mass is 32.1. The van der Waals surface area contributed by atoms with Gasteiger partial charge in [0.2, 0.25) is 0 Å². The van der Waals surface area contributed by atoms with Gasteiger partial charge < -0.3 is 14.8 Å². The van der Waals surface area contributed by atoms with E-state index in [1.807, 2.05) is 13.8 Å². The molecular formula is C25H22N2O7S. The van der Waals surface area contributed by atoms with Crippen LogP contribution in [0.15, 0.2) is 47.8 Å². The number of carbonyl (C=O) groups is 3. The molecule has 0 unspecified atom stereocenters. The highest BCUT2D eigenvalue weighted by Crippen LogP contribution is 2.38. The van der Waals surface area contributed by atoms with Gasteiger partial charge in [-0.05, 0) is 44.5 Å². The van der Waals surface area contributed by atoms with E-state index >= 15 is 0 Å². The zero-order valence-corrected chi connectivity index (χ0v) is 20.1. The number of nitro benzene ring substituents is 1. The van der Waals surface area contributed by atoms with E-state index in [4.69, 9.17) is 9.47 Å². The Balaban J connectivity index is 1.68. The number of thiophene rings is 1. The van der Waals surface area contributed by atoms with Crippen molar-refractivity contribution in [2.45, 2.75) is 32.8 Å². The van der Waals surface area contributed by atoms with Crippen molar-refractivity contribution in [3.05, 3.63) is 74.6 Å². The van der Waals surface area contributed by atoms with Crippen LogP contribution in [0, 0.1) is 10.1 Å². The van der Waals surface area contributed by atoms with Gasteiger partial charge >= 0.3 is 5.97 Å². The number of benzene rings is 2. The fourth-order valence-corrected chi connectivity index (χ4v) is 4.78. The molecule has 10 heteroatoms. The van der Waals surface area contributed by atoms with Gasteiger partial charge in [0.05, 0.1) is 23.5 Å². The Bertz CT molecular complexity index is 1360. The summed E-state index contributed by atoms with van der Waals surface area (Å²) >= 11 is 1.10. The van der Waals surface area contributed by atoms with Crippen molar-refractivity contribution >= 4 is 39.7 Å².